The van der Waals surface area contributed by atoms with E-state index in [1.54, 1.807) is 12.2 Å². The minimum atomic E-state index is -3.89. The van der Waals surface area contributed by atoms with E-state index in [9.17, 15) is 13.2 Å². The summed E-state index contributed by atoms with van der Waals surface area (Å²) in [6.45, 7) is 12.3. The van der Waals surface area contributed by atoms with Crippen LogP contribution in [0.1, 0.15) is 18.4 Å². The number of aryl methyl sites for hydroxylation is 2. The van der Waals surface area contributed by atoms with Crippen molar-refractivity contribution in [1.82, 2.24) is 14.8 Å². The highest BCUT2D eigenvalue weighted by molar-refractivity contribution is 7.89. The number of hydrogen-bond donors (Lipinski definition) is 1. The minimum absolute atomic E-state index is 0.0360. The molecular weight excluding hydrogens is 306 g/mol. The molecule has 122 valence electrons. The van der Waals surface area contributed by atoms with Crippen molar-refractivity contribution in [2.45, 2.75) is 31.7 Å². The summed E-state index contributed by atoms with van der Waals surface area (Å²) in [5, 5.41) is 3.61. The highest BCUT2D eigenvalue weighted by atomic mass is 32.2. The van der Waals surface area contributed by atoms with E-state index < -0.39 is 16.1 Å². The molecule has 1 atom stereocenters. The SMILES string of the molecule is C=CCN(CC=C)C(=O)C(C)NS(=O)(=O)c1c(C)noc1C. The molecule has 1 heterocycles. The number of sulfonamides is 1. The normalized spacial score (nSPS) is 12.7. The predicted molar refractivity (Wildman–Crippen MR) is 82.7 cm³/mol. The van der Waals surface area contributed by atoms with E-state index in [0.29, 0.717) is 13.1 Å². The second kappa shape index (κ2) is 7.37. The number of hydrogen-bond acceptors (Lipinski definition) is 5. The zero-order valence-electron chi connectivity index (χ0n) is 13.0. The molecule has 1 amide bonds. The Bertz CT molecular complexity index is 634. The fourth-order valence-electron chi connectivity index (χ4n) is 2.04. The van der Waals surface area contributed by atoms with Crippen LogP contribution in [0.4, 0.5) is 0 Å². The molecule has 0 radical (unpaired) electrons. The first-order valence-corrected chi connectivity index (χ1v) is 8.18. The number of nitrogens with zero attached hydrogens (tertiary/aromatic N) is 2. The second-order valence-corrected chi connectivity index (χ2v) is 6.47. The first-order valence-electron chi connectivity index (χ1n) is 6.70. The lowest BCUT2D eigenvalue weighted by atomic mass is 10.3. The molecular formula is C14H21N3O4S. The van der Waals surface area contributed by atoms with Gasteiger partial charge in [-0.25, -0.2) is 8.42 Å². The molecule has 0 aliphatic heterocycles. The molecule has 0 fully saturated rings. The number of amides is 1. The van der Waals surface area contributed by atoms with Crippen LogP contribution < -0.4 is 4.72 Å². The molecule has 1 unspecified atom stereocenters. The smallest absolute Gasteiger partial charge is 0.246 e. The Morgan fingerprint density at radius 1 is 1.36 bits per heavy atom. The van der Waals surface area contributed by atoms with Gasteiger partial charge >= 0.3 is 0 Å². The van der Waals surface area contributed by atoms with Gasteiger partial charge in [0.15, 0.2) is 5.76 Å². The van der Waals surface area contributed by atoms with Gasteiger partial charge in [-0.15, -0.1) is 13.2 Å². The molecule has 22 heavy (non-hydrogen) atoms. The number of carbonyl (C=O) groups excluding carboxylic acids is 1. The summed E-state index contributed by atoms with van der Waals surface area (Å²) in [6.07, 6.45) is 3.13. The summed E-state index contributed by atoms with van der Waals surface area (Å²) in [7, 11) is -3.89. The maximum absolute atomic E-state index is 12.4. The average Bonchev–Trinajstić information content (AvgIpc) is 2.77. The number of carbonyl (C=O) groups is 1. The van der Waals surface area contributed by atoms with Crippen molar-refractivity contribution in [2.75, 3.05) is 13.1 Å². The molecule has 1 aromatic rings. The van der Waals surface area contributed by atoms with Crippen molar-refractivity contribution >= 4 is 15.9 Å². The Balaban J connectivity index is 2.95. The van der Waals surface area contributed by atoms with Crippen LogP contribution in [0.2, 0.25) is 0 Å². The largest absolute Gasteiger partial charge is 0.360 e. The van der Waals surface area contributed by atoms with Crippen LogP contribution in [0, 0.1) is 13.8 Å². The third-order valence-electron chi connectivity index (χ3n) is 2.95. The van der Waals surface area contributed by atoms with E-state index in [0.717, 1.165) is 0 Å². The number of rotatable bonds is 8. The van der Waals surface area contributed by atoms with E-state index in [-0.39, 0.29) is 22.3 Å². The van der Waals surface area contributed by atoms with Gasteiger partial charge < -0.3 is 9.42 Å². The molecule has 0 aromatic carbocycles. The van der Waals surface area contributed by atoms with Gasteiger partial charge in [0.1, 0.15) is 10.6 Å². The highest BCUT2D eigenvalue weighted by Gasteiger charge is 2.29. The summed E-state index contributed by atoms with van der Waals surface area (Å²) >= 11 is 0. The lowest BCUT2D eigenvalue weighted by Gasteiger charge is -2.23. The summed E-state index contributed by atoms with van der Waals surface area (Å²) in [6, 6.07) is -0.932. The molecule has 0 aliphatic rings. The zero-order valence-corrected chi connectivity index (χ0v) is 13.8. The van der Waals surface area contributed by atoms with E-state index >= 15 is 0 Å². The van der Waals surface area contributed by atoms with Crippen LogP contribution in [0.25, 0.3) is 0 Å². The van der Waals surface area contributed by atoms with Crippen molar-refractivity contribution < 1.29 is 17.7 Å². The standard InChI is InChI=1S/C14H21N3O4S/c1-6-8-17(9-7-2)14(18)11(4)16-22(19,20)13-10(3)15-21-12(13)5/h6-7,11,16H,1-2,8-9H2,3-5H3. The fourth-order valence-corrected chi connectivity index (χ4v) is 3.57. The third-order valence-corrected chi connectivity index (χ3v) is 4.73. The first kappa shape index (κ1) is 18.1. The van der Waals surface area contributed by atoms with Gasteiger partial charge in [0.25, 0.3) is 0 Å². The van der Waals surface area contributed by atoms with Crippen LogP contribution >= 0.6 is 0 Å². The van der Waals surface area contributed by atoms with Gasteiger partial charge in [0, 0.05) is 13.1 Å². The molecule has 1 rings (SSSR count). The van der Waals surface area contributed by atoms with Gasteiger partial charge in [-0.3, -0.25) is 4.79 Å². The molecule has 0 saturated heterocycles. The summed E-state index contributed by atoms with van der Waals surface area (Å²) in [4.78, 5) is 13.7. The van der Waals surface area contributed by atoms with Crippen molar-refractivity contribution in [3.8, 4) is 0 Å². The average molecular weight is 327 g/mol. The van der Waals surface area contributed by atoms with Gasteiger partial charge in [-0.1, -0.05) is 17.3 Å². The Hall–Kier alpha value is -1.93. The molecule has 7 nitrogen and oxygen atoms in total. The Morgan fingerprint density at radius 3 is 2.32 bits per heavy atom. The van der Waals surface area contributed by atoms with Crippen molar-refractivity contribution in [2.24, 2.45) is 0 Å². The first-order chi connectivity index (χ1) is 10.2. The Kier molecular flexibility index (Phi) is 6.07. The quantitative estimate of drug-likeness (QED) is 0.723. The van der Waals surface area contributed by atoms with E-state index in [4.69, 9.17) is 4.52 Å². The van der Waals surface area contributed by atoms with E-state index in [1.165, 1.54) is 25.7 Å². The minimum Gasteiger partial charge on any atom is -0.360 e. The summed E-state index contributed by atoms with van der Waals surface area (Å²) < 4.78 is 31.9. The van der Waals surface area contributed by atoms with Crippen molar-refractivity contribution in [3.63, 3.8) is 0 Å². The van der Waals surface area contributed by atoms with E-state index in [2.05, 4.69) is 23.0 Å². The van der Waals surface area contributed by atoms with Gasteiger partial charge in [-0.2, -0.15) is 4.72 Å². The lowest BCUT2D eigenvalue weighted by Crippen LogP contribution is -2.47. The van der Waals surface area contributed by atoms with Gasteiger partial charge in [0.2, 0.25) is 15.9 Å². The van der Waals surface area contributed by atoms with Crippen LogP contribution in [0.15, 0.2) is 34.7 Å². The van der Waals surface area contributed by atoms with Crippen LogP contribution in [0.5, 0.6) is 0 Å². The molecule has 0 spiro atoms. The molecule has 0 aliphatic carbocycles. The van der Waals surface area contributed by atoms with Gasteiger partial charge in [0.05, 0.1) is 6.04 Å². The Morgan fingerprint density at radius 2 is 1.91 bits per heavy atom. The number of nitrogens with one attached hydrogen (secondary N) is 1. The van der Waals surface area contributed by atoms with E-state index in [1.807, 2.05) is 0 Å². The second-order valence-electron chi connectivity index (χ2n) is 4.82. The monoisotopic (exact) mass is 327 g/mol. The van der Waals surface area contributed by atoms with Crippen LogP contribution in [0.3, 0.4) is 0 Å². The maximum Gasteiger partial charge on any atom is 0.246 e. The molecule has 1 aromatic heterocycles. The predicted octanol–water partition coefficient (Wildman–Crippen LogP) is 1.16. The van der Waals surface area contributed by atoms with Crippen molar-refractivity contribution in [3.05, 3.63) is 36.8 Å². The third kappa shape index (κ3) is 4.05. The Labute approximate surface area is 130 Å². The fraction of sp³-hybridized carbons (Fsp3) is 0.429. The lowest BCUT2D eigenvalue weighted by molar-refractivity contribution is -0.131. The zero-order chi connectivity index (χ0) is 16.9. The topological polar surface area (TPSA) is 92.5 Å². The summed E-state index contributed by atoms with van der Waals surface area (Å²) in [5.41, 5.74) is 0.249. The molecule has 8 heteroatoms. The molecule has 1 N–H and O–H groups in total. The van der Waals surface area contributed by atoms with Crippen LogP contribution in [-0.2, 0) is 14.8 Å². The van der Waals surface area contributed by atoms with Crippen LogP contribution in [-0.4, -0.2) is 43.5 Å². The molecule has 0 saturated carbocycles. The maximum atomic E-state index is 12.4. The molecule has 0 bridgehead atoms. The number of aromatic nitrogens is 1. The van der Waals surface area contributed by atoms with Gasteiger partial charge in [-0.05, 0) is 20.8 Å². The summed E-state index contributed by atoms with van der Waals surface area (Å²) in [5.74, 6) is -0.186. The van der Waals surface area contributed by atoms with Crippen molar-refractivity contribution in [1.29, 1.82) is 0 Å². The highest BCUT2D eigenvalue weighted by Crippen LogP contribution is 2.19.